The number of aryl methyl sites for hydroxylation is 1. The first kappa shape index (κ1) is 19.1. The topological polar surface area (TPSA) is 72.0 Å². The van der Waals surface area contributed by atoms with Crippen LogP contribution in [0.3, 0.4) is 0 Å². The molecular formula is C21H24BrN5O. The Morgan fingerprint density at radius 1 is 1.18 bits per heavy atom. The predicted molar refractivity (Wildman–Crippen MR) is 116 cm³/mol. The fraction of sp³-hybridized carbons (Fsp3) is 0.381. The van der Waals surface area contributed by atoms with Crippen molar-refractivity contribution >= 4 is 38.5 Å². The van der Waals surface area contributed by atoms with Crippen molar-refractivity contribution in [1.29, 1.82) is 0 Å². The van der Waals surface area contributed by atoms with E-state index in [0.29, 0.717) is 6.04 Å². The summed E-state index contributed by atoms with van der Waals surface area (Å²) < 4.78 is 6.50. The van der Waals surface area contributed by atoms with Gasteiger partial charge in [0.1, 0.15) is 17.5 Å². The van der Waals surface area contributed by atoms with E-state index in [1.54, 1.807) is 0 Å². The van der Waals surface area contributed by atoms with Gasteiger partial charge in [-0.25, -0.2) is 15.0 Å². The van der Waals surface area contributed by atoms with Crippen molar-refractivity contribution in [3.05, 3.63) is 52.4 Å². The van der Waals surface area contributed by atoms with Gasteiger partial charge in [-0.05, 0) is 50.5 Å². The summed E-state index contributed by atoms with van der Waals surface area (Å²) in [5, 5.41) is 8.05. The van der Waals surface area contributed by atoms with Gasteiger partial charge in [0.25, 0.3) is 0 Å². The van der Waals surface area contributed by atoms with Crippen LogP contribution in [0.15, 0.2) is 41.0 Å². The third-order valence-electron chi connectivity index (χ3n) is 4.97. The first-order valence-electron chi connectivity index (χ1n) is 9.59. The molecule has 1 fully saturated rings. The van der Waals surface area contributed by atoms with E-state index in [4.69, 9.17) is 4.74 Å². The Bertz CT molecular complexity index is 974. The fourth-order valence-electron chi connectivity index (χ4n) is 3.45. The molecule has 0 bridgehead atoms. The summed E-state index contributed by atoms with van der Waals surface area (Å²) in [6, 6.07) is 10.8. The monoisotopic (exact) mass is 441 g/mol. The first-order valence-corrected chi connectivity index (χ1v) is 10.4. The minimum absolute atomic E-state index is 0.107. The average Bonchev–Trinajstić information content (AvgIpc) is 2.69. The molecule has 1 atom stereocenters. The number of ether oxygens (including phenoxy) is 1. The van der Waals surface area contributed by atoms with E-state index in [-0.39, 0.29) is 6.04 Å². The lowest BCUT2D eigenvalue weighted by Crippen LogP contribution is -2.28. The lowest BCUT2D eigenvalue weighted by molar-refractivity contribution is 0.0904. The summed E-state index contributed by atoms with van der Waals surface area (Å²) in [5.41, 5.74) is 2.03. The summed E-state index contributed by atoms with van der Waals surface area (Å²) in [4.78, 5) is 13.8. The highest BCUT2D eigenvalue weighted by Gasteiger charge is 2.16. The highest BCUT2D eigenvalue weighted by Crippen LogP contribution is 2.27. The van der Waals surface area contributed by atoms with Gasteiger partial charge in [-0.1, -0.05) is 28.1 Å². The molecule has 1 saturated heterocycles. The Labute approximate surface area is 173 Å². The summed E-state index contributed by atoms with van der Waals surface area (Å²) in [7, 11) is 0. The molecule has 146 valence electrons. The molecule has 7 heteroatoms. The van der Waals surface area contributed by atoms with Gasteiger partial charge in [-0.2, -0.15) is 0 Å². The summed E-state index contributed by atoms with van der Waals surface area (Å²) in [5.74, 6) is 2.40. The van der Waals surface area contributed by atoms with Crippen LogP contribution in [-0.2, 0) is 4.74 Å². The van der Waals surface area contributed by atoms with Crippen LogP contribution in [0.5, 0.6) is 0 Å². The van der Waals surface area contributed by atoms with Gasteiger partial charge in [0.15, 0.2) is 0 Å². The van der Waals surface area contributed by atoms with Crippen molar-refractivity contribution in [2.75, 3.05) is 23.8 Å². The lowest BCUT2D eigenvalue weighted by Gasteiger charge is -2.24. The van der Waals surface area contributed by atoms with Gasteiger partial charge < -0.3 is 15.4 Å². The number of nitrogens with one attached hydrogen (secondary N) is 2. The van der Waals surface area contributed by atoms with Gasteiger partial charge in [0.2, 0.25) is 0 Å². The fourth-order valence-corrected chi connectivity index (χ4v) is 3.87. The zero-order chi connectivity index (χ0) is 19.5. The summed E-state index contributed by atoms with van der Waals surface area (Å²) in [6.45, 7) is 5.63. The molecule has 4 rings (SSSR count). The lowest BCUT2D eigenvalue weighted by atomic mass is 10.1. The predicted octanol–water partition coefficient (Wildman–Crippen LogP) is 4.86. The number of fused-ring (bicyclic) bond motifs is 1. The maximum absolute atomic E-state index is 5.44. The average molecular weight is 442 g/mol. The van der Waals surface area contributed by atoms with Crippen LogP contribution in [0.4, 0.5) is 11.6 Å². The SMILES string of the molecule is Cc1nc(NC(C)c2cccc(Br)c2)c2cc(NC3CCOCC3)ncc2n1. The molecule has 1 aliphatic rings. The van der Waals surface area contributed by atoms with Crippen LogP contribution in [0.2, 0.25) is 0 Å². The van der Waals surface area contributed by atoms with Crippen LogP contribution in [0, 0.1) is 6.92 Å². The van der Waals surface area contributed by atoms with E-state index in [1.165, 1.54) is 5.56 Å². The van der Waals surface area contributed by atoms with Crippen molar-refractivity contribution in [1.82, 2.24) is 15.0 Å². The molecular weight excluding hydrogens is 418 g/mol. The van der Waals surface area contributed by atoms with Crippen molar-refractivity contribution in [2.45, 2.75) is 38.8 Å². The van der Waals surface area contributed by atoms with Gasteiger partial charge in [-0.3, -0.25) is 0 Å². The second-order valence-corrected chi connectivity index (χ2v) is 8.07. The Hall–Kier alpha value is -2.25. The molecule has 2 N–H and O–H groups in total. The van der Waals surface area contributed by atoms with Gasteiger partial charge >= 0.3 is 0 Å². The van der Waals surface area contributed by atoms with Gasteiger partial charge in [-0.15, -0.1) is 0 Å². The standard InChI is InChI=1S/C21H24BrN5O/c1-13(15-4-3-5-16(22)10-15)24-21-18-11-20(27-17-6-8-28-9-7-17)23-12-19(18)25-14(2)26-21/h3-5,10-13,17H,6-9H2,1-2H3,(H,23,27)(H,24,25,26). The number of halogens is 1. The second kappa shape index (κ2) is 8.41. The molecule has 1 aliphatic heterocycles. The Morgan fingerprint density at radius 3 is 2.79 bits per heavy atom. The molecule has 0 spiro atoms. The normalized spacial score (nSPS) is 16.1. The molecule has 2 aromatic heterocycles. The Morgan fingerprint density at radius 2 is 2.00 bits per heavy atom. The van der Waals surface area contributed by atoms with Gasteiger partial charge in [0.05, 0.1) is 17.8 Å². The Balaban J connectivity index is 1.63. The number of rotatable bonds is 5. The van der Waals surface area contributed by atoms with Crippen LogP contribution >= 0.6 is 15.9 Å². The molecule has 6 nitrogen and oxygen atoms in total. The molecule has 28 heavy (non-hydrogen) atoms. The first-order chi connectivity index (χ1) is 13.6. The zero-order valence-electron chi connectivity index (χ0n) is 16.1. The highest BCUT2D eigenvalue weighted by molar-refractivity contribution is 9.10. The number of hydrogen-bond acceptors (Lipinski definition) is 6. The molecule has 3 heterocycles. The van der Waals surface area contributed by atoms with E-state index in [1.807, 2.05) is 31.3 Å². The van der Waals surface area contributed by atoms with Crippen molar-refractivity contribution < 1.29 is 4.74 Å². The van der Waals surface area contributed by atoms with E-state index in [0.717, 1.165) is 58.9 Å². The molecule has 1 aromatic carbocycles. The minimum atomic E-state index is 0.107. The number of nitrogens with zero attached hydrogens (tertiary/aromatic N) is 3. The quantitative estimate of drug-likeness (QED) is 0.588. The number of benzene rings is 1. The zero-order valence-corrected chi connectivity index (χ0v) is 17.7. The maximum Gasteiger partial charge on any atom is 0.138 e. The Kier molecular flexibility index (Phi) is 5.73. The molecule has 1 unspecified atom stereocenters. The summed E-state index contributed by atoms with van der Waals surface area (Å²) >= 11 is 3.55. The number of anilines is 2. The van der Waals surface area contributed by atoms with Crippen LogP contribution in [0.1, 0.15) is 37.2 Å². The third-order valence-corrected chi connectivity index (χ3v) is 5.46. The summed E-state index contributed by atoms with van der Waals surface area (Å²) in [6.07, 6.45) is 3.81. The van der Waals surface area contributed by atoms with Crippen molar-refractivity contribution in [3.63, 3.8) is 0 Å². The van der Waals surface area contributed by atoms with Crippen LogP contribution in [0.25, 0.3) is 10.9 Å². The molecule has 0 aliphatic carbocycles. The van der Waals surface area contributed by atoms with Gasteiger partial charge in [0, 0.05) is 29.1 Å². The maximum atomic E-state index is 5.44. The number of hydrogen-bond donors (Lipinski definition) is 2. The largest absolute Gasteiger partial charge is 0.381 e. The molecule has 3 aromatic rings. The van der Waals surface area contributed by atoms with E-state index >= 15 is 0 Å². The van der Waals surface area contributed by atoms with Crippen LogP contribution in [-0.4, -0.2) is 34.2 Å². The van der Waals surface area contributed by atoms with E-state index < -0.39 is 0 Å². The molecule has 0 amide bonds. The molecule has 0 saturated carbocycles. The van der Waals surface area contributed by atoms with E-state index in [9.17, 15) is 0 Å². The van der Waals surface area contributed by atoms with E-state index in [2.05, 4.69) is 60.6 Å². The molecule has 0 radical (unpaired) electrons. The van der Waals surface area contributed by atoms with Crippen molar-refractivity contribution in [2.24, 2.45) is 0 Å². The third kappa shape index (κ3) is 4.42. The van der Waals surface area contributed by atoms with Crippen molar-refractivity contribution in [3.8, 4) is 0 Å². The smallest absolute Gasteiger partial charge is 0.138 e. The minimum Gasteiger partial charge on any atom is -0.381 e. The second-order valence-electron chi connectivity index (χ2n) is 7.16. The highest BCUT2D eigenvalue weighted by atomic mass is 79.9. The number of aromatic nitrogens is 3. The number of pyridine rings is 1. The van der Waals surface area contributed by atoms with Crippen LogP contribution < -0.4 is 10.6 Å².